The van der Waals surface area contributed by atoms with Gasteiger partial charge in [0.25, 0.3) is 5.91 Å². The second-order valence-corrected chi connectivity index (χ2v) is 5.55. The lowest BCUT2D eigenvalue weighted by atomic mass is 10.2. The van der Waals surface area contributed by atoms with Crippen molar-refractivity contribution in [1.82, 2.24) is 15.4 Å². The molecule has 0 saturated carbocycles. The molecule has 1 N–H and O–H groups in total. The van der Waals surface area contributed by atoms with Crippen molar-refractivity contribution in [3.63, 3.8) is 0 Å². The average molecular weight is 315 g/mol. The van der Waals surface area contributed by atoms with Gasteiger partial charge in [-0.3, -0.25) is 15.2 Å². The SMILES string of the molecule is CCCN(NC(=O)c1c(F)cncc1F)C(=O)OC(C)(C)C. The molecule has 1 heterocycles. The highest BCUT2D eigenvalue weighted by atomic mass is 19.1. The molecule has 0 aliphatic heterocycles. The van der Waals surface area contributed by atoms with Crippen LogP contribution in [0.3, 0.4) is 0 Å². The summed E-state index contributed by atoms with van der Waals surface area (Å²) in [7, 11) is 0. The van der Waals surface area contributed by atoms with Crippen molar-refractivity contribution >= 4 is 12.0 Å². The standard InChI is InChI=1S/C14H19F2N3O3/c1-5-6-19(13(21)22-14(2,3)4)18-12(20)11-9(15)7-17-8-10(11)16/h7-8H,5-6H2,1-4H3,(H,18,20). The van der Waals surface area contributed by atoms with Crippen molar-refractivity contribution in [2.75, 3.05) is 6.54 Å². The molecule has 0 saturated heterocycles. The first-order valence-corrected chi connectivity index (χ1v) is 6.76. The fraction of sp³-hybridized carbons (Fsp3) is 0.500. The number of hydrogen-bond donors (Lipinski definition) is 1. The summed E-state index contributed by atoms with van der Waals surface area (Å²) >= 11 is 0. The molecular weight excluding hydrogens is 296 g/mol. The molecule has 22 heavy (non-hydrogen) atoms. The minimum atomic E-state index is -1.11. The highest BCUT2D eigenvalue weighted by Crippen LogP contribution is 2.12. The summed E-state index contributed by atoms with van der Waals surface area (Å²) in [6.07, 6.45) is 1.14. The lowest BCUT2D eigenvalue weighted by molar-refractivity contribution is 0.0132. The number of pyridine rings is 1. The molecule has 0 spiro atoms. The third-order valence-corrected chi connectivity index (χ3v) is 2.38. The van der Waals surface area contributed by atoms with Crippen molar-refractivity contribution in [2.45, 2.75) is 39.7 Å². The molecule has 0 unspecified atom stereocenters. The molecular formula is C14H19F2N3O3. The zero-order valence-electron chi connectivity index (χ0n) is 12.9. The summed E-state index contributed by atoms with van der Waals surface area (Å²) in [5.41, 5.74) is 0.582. The monoisotopic (exact) mass is 315 g/mol. The van der Waals surface area contributed by atoms with Crippen molar-refractivity contribution in [3.05, 3.63) is 29.6 Å². The van der Waals surface area contributed by atoms with Gasteiger partial charge in [0.15, 0.2) is 11.6 Å². The highest BCUT2D eigenvalue weighted by Gasteiger charge is 2.25. The summed E-state index contributed by atoms with van der Waals surface area (Å²) in [5, 5.41) is 0.882. The Balaban J connectivity index is 2.91. The van der Waals surface area contributed by atoms with Gasteiger partial charge in [0.05, 0.1) is 12.4 Å². The van der Waals surface area contributed by atoms with Crippen LogP contribution in [0.4, 0.5) is 13.6 Å². The quantitative estimate of drug-likeness (QED) is 0.871. The van der Waals surface area contributed by atoms with E-state index in [0.29, 0.717) is 6.42 Å². The summed E-state index contributed by atoms with van der Waals surface area (Å²) in [6.45, 7) is 6.91. The fourth-order valence-corrected chi connectivity index (χ4v) is 1.54. The molecule has 8 heteroatoms. The first kappa shape index (κ1) is 17.8. The Hall–Kier alpha value is -2.25. The number of carbonyl (C=O) groups is 2. The molecule has 0 atom stereocenters. The van der Waals surface area contributed by atoms with E-state index in [0.717, 1.165) is 17.4 Å². The predicted octanol–water partition coefficient (Wildman–Crippen LogP) is 2.65. The topological polar surface area (TPSA) is 71.5 Å². The zero-order valence-corrected chi connectivity index (χ0v) is 12.9. The average Bonchev–Trinajstić information content (AvgIpc) is 2.35. The summed E-state index contributed by atoms with van der Waals surface area (Å²) in [4.78, 5) is 27.2. The maximum absolute atomic E-state index is 13.5. The Morgan fingerprint density at radius 2 is 1.82 bits per heavy atom. The van der Waals surface area contributed by atoms with Crippen LogP contribution in [0.1, 0.15) is 44.5 Å². The van der Waals surface area contributed by atoms with Crippen molar-refractivity contribution < 1.29 is 23.1 Å². The minimum absolute atomic E-state index is 0.134. The van der Waals surface area contributed by atoms with E-state index in [1.54, 1.807) is 27.7 Å². The Bertz CT molecular complexity index is 539. The maximum atomic E-state index is 13.5. The van der Waals surface area contributed by atoms with Crippen LogP contribution in [0, 0.1) is 11.6 Å². The van der Waals surface area contributed by atoms with Gasteiger partial charge in [0.2, 0.25) is 0 Å². The number of amides is 2. The van der Waals surface area contributed by atoms with E-state index in [4.69, 9.17) is 4.74 Å². The summed E-state index contributed by atoms with van der Waals surface area (Å²) < 4.78 is 32.1. The highest BCUT2D eigenvalue weighted by molar-refractivity contribution is 5.95. The maximum Gasteiger partial charge on any atom is 0.429 e. The van der Waals surface area contributed by atoms with Crippen LogP contribution in [0.15, 0.2) is 12.4 Å². The fourth-order valence-electron chi connectivity index (χ4n) is 1.54. The van der Waals surface area contributed by atoms with E-state index in [1.807, 2.05) is 0 Å². The Morgan fingerprint density at radius 1 is 1.27 bits per heavy atom. The lowest BCUT2D eigenvalue weighted by Crippen LogP contribution is -2.49. The third kappa shape index (κ3) is 4.94. The van der Waals surface area contributed by atoms with Gasteiger partial charge in [-0.2, -0.15) is 0 Å². The minimum Gasteiger partial charge on any atom is -0.442 e. The molecule has 2 amide bonds. The number of rotatable bonds is 3. The van der Waals surface area contributed by atoms with Crippen LogP contribution >= 0.6 is 0 Å². The van der Waals surface area contributed by atoms with Crippen molar-refractivity contribution in [2.24, 2.45) is 0 Å². The molecule has 6 nitrogen and oxygen atoms in total. The van der Waals surface area contributed by atoms with Crippen LogP contribution < -0.4 is 5.43 Å². The number of hydrogen-bond acceptors (Lipinski definition) is 4. The molecule has 0 aliphatic rings. The van der Waals surface area contributed by atoms with E-state index in [-0.39, 0.29) is 6.54 Å². The second-order valence-electron chi connectivity index (χ2n) is 5.55. The molecule has 0 aromatic carbocycles. The van der Waals surface area contributed by atoms with Gasteiger partial charge in [-0.05, 0) is 27.2 Å². The van der Waals surface area contributed by atoms with Gasteiger partial charge in [0, 0.05) is 6.54 Å². The predicted molar refractivity (Wildman–Crippen MR) is 74.9 cm³/mol. The van der Waals surface area contributed by atoms with Gasteiger partial charge >= 0.3 is 6.09 Å². The van der Waals surface area contributed by atoms with Gasteiger partial charge in [-0.25, -0.2) is 18.6 Å². The lowest BCUT2D eigenvalue weighted by Gasteiger charge is -2.27. The van der Waals surface area contributed by atoms with Gasteiger partial charge in [-0.1, -0.05) is 6.92 Å². The number of aromatic nitrogens is 1. The Kier molecular flexibility index (Phi) is 5.78. The molecule has 1 aromatic heterocycles. The van der Waals surface area contributed by atoms with Crippen LogP contribution in [0.25, 0.3) is 0 Å². The van der Waals surface area contributed by atoms with Crippen molar-refractivity contribution in [3.8, 4) is 0 Å². The first-order chi connectivity index (χ1) is 10.2. The van der Waals surface area contributed by atoms with Gasteiger partial charge < -0.3 is 4.74 Å². The molecule has 1 aromatic rings. The van der Waals surface area contributed by atoms with E-state index in [2.05, 4.69) is 10.4 Å². The summed E-state index contributed by atoms with van der Waals surface area (Å²) in [5.74, 6) is -3.31. The molecule has 122 valence electrons. The molecule has 0 radical (unpaired) electrons. The van der Waals surface area contributed by atoms with E-state index in [9.17, 15) is 18.4 Å². The molecule has 1 rings (SSSR count). The van der Waals surface area contributed by atoms with Gasteiger partial charge in [-0.15, -0.1) is 0 Å². The first-order valence-electron chi connectivity index (χ1n) is 6.76. The Labute approximate surface area is 127 Å². The van der Waals surface area contributed by atoms with E-state index in [1.165, 1.54) is 0 Å². The number of halogens is 2. The largest absolute Gasteiger partial charge is 0.442 e. The summed E-state index contributed by atoms with van der Waals surface area (Å²) in [6, 6.07) is 0. The number of hydrazine groups is 1. The number of ether oxygens (including phenoxy) is 1. The van der Waals surface area contributed by atoms with E-state index >= 15 is 0 Å². The number of nitrogens with one attached hydrogen (secondary N) is 1. The molecule has 0 aliphatic carbocycles. The van der Waals surface area contributed by atoms with Gasteiger partial charge in [0.1, 0.15) is 11.2 Å². The van der Waals surface area contributed by atoms with Crippen LogP contribution in [-0.2, 0) is 4.74 Å². The van der Waals surface area contributed by atoms with Crippen LogP contribution in [0.5, 0.6) is 0 Å². The molecule has 0 fully saturated rings. The third-order valence-electron chi connectivity index (χ3n) is 2.38. The second kappa shape index (κ2) is 7.15. The number of nitrogens with zero attached hydrogens (tertiary/aromatic N) is 2. The zero-order chi connectivity index (χ0) is 16.9. The Morgan fingerprint density at radius 3 is 2.27 bits per heavy atom. The normalized spacial score (nSPS) is 11.0. The van der Waals surface area contributed by atoms with Crippen LogP contribution in [0.2, 0.25) is 0 Å². The van der Waals surface area contributed by atoms with Crippen LogP contribution in [-0.4, -0.2) is 34.1 Å². The number of carbonyl (C=O) groups excluding carboxylic acids is 2. The van der Waals surface area contributed by atoms with E-state index < -0.39 is 34.8 Å². The molecule has 0 bridgehead atoms. The van der Waals surface area contributed by atoms with Crippen molar-refractivity contribution in [1.29, 1.82) is 0 Å². The smallest absolute Gasteiger partial charge is 0.429 e.